The van der Waals surface area contributed by atoms with Gasteiger partial charge in [0, 0.05) is 12.2 Å². The van der Waals surface area contributed by atoms with Crippen molar-refractivity contribution in [3.8, 4) is 5.75 Å². The summed E-state index contributed by atoms with van der Waals surface area (Å²) in [5, 5.41) is 3.48. The average molecular weight is 277 g/mol. The number of nitrogens with one attached hydrogen (secondary N) is 1. The molecule has 0 heterocycles. The number of benzene rings is 1. The summed E-state index contributed by atoms with van der Waals surface area (Å²) in [5.74, 6) is 0.945. The number of hydrogen-bond acceptors (Lipinski definition) is 3. The number of methoxy groups -OCH3 is 1. The summed E-state index contributed by atoms with van der Waals surface area (Å²) in [6, 6.07) is 6.56. The Hall–Kier alpha value is -1.06. The molecule has 1 unspecified atom stereocenters. The molecule has 1 aliphatic rings. The summed E-state index contributed by atoms with van der Waals surface area (Å²) in [7, 11) is 3.76. The van der Waals surface area contributed by atoms with Crippen LogP contribution in [0.3, 0.4) is 0 Å². The van der Waals surface area contributed by atoms with Crippen LogP contribution < -0.4 is 10.1 Å². The molecule has 0 bridgehead atoms. The van der Waals surface area contributed by atoms with E-state index in [1.807, 2.05) is 7.05 Å². The van der Waals surface area contributed by atoms with Crippen LogP contribution >= 0.6 is 0 Å². The Labute approximate surface area is 122 Å². The lowest BCUT2D eigenvalue weighted by molar-refractivity contribution is -0.0614. The predicted octanol–water partition coefficient (Wildman–Crippen LogP) is 3.61. The van der Waals surface area contributed by atoms with E-state index >= 15 is 0 Å². The molecule has 0 radical (unpaired) electrons. The van der Waals surface area contributed by atoms with Gasteiger partial charge in [0.2, 0.25) is 0 Å². The van der Waals surface area contributed by atoms with Gasteiger partial charge in [0.05, 0.1) is 18.8 Å². The highest BCUT2D eigenvalue weighted by Gasteiger charge is 2.43. The minimum atomic E-state index is -0.0927. The molecule has 3 nitrogen and oxygen atoms in total. The summed E-state index contributed by atoms with van der Waals surface area (Å²) < 4.78 is 11.8. The van der Waals surface area contributed by atoms with Crippen LogP contribution in [-0.2, 0) is 4.74 Å². The van der Waals surface area contributed by atoms with Gasteiger partial charge in [-0.1, -0.05) is 30.5 Å². The molecular weight excluding hydrogens is 250 g/mol. The molecule has 0 aromatic heterocycles. The quantitative estimate of drug-likeness (QED) is 0.861. The van der Waals surface area contributed by atoms with Crippen LogP contribution in [0, 0.1) is 6.92 Å². The minimum absolute atomic E-state index is 0.0927. The minimum Gasteiger partial charge on any atom is -0.496 e. The second-order valence-electron chi connectivity index (χ2n) is 5.67. The van der Waals surface area contributed by atoms with Crippen molar-refractivity contribution >= 4 is 0 Å². The van der Waals surface area contributed by atoms with Crippen molar-refractivity contribution in [2.24, 2.45) is 0 Å². The average Bonchev–Trinajstić information content (AvgIpc) is 2.90. The molecule has 0 spiro atoms. The fourth-order valence-corrected chi connectivity index (χ4v) is 3.56. The summed E-state index contributed by atoms with van der Waals surface area (Å²) in [5.41, 5.74) is 2.38. The second-order valence-corrected chi connectivity index (χ2v) is 5.67. The highest BCUT2D eigenvalue weighted by molar-refractivity contribution is 5.40. The van der Waals surface area contributed by atoms with E-state index in [-0.39, 0.29) is 11.6 Å². The van der Waals surface area contributed by atoms with Crippen LogP contribution in [0.25, 0.3) is 0 Å². The summed E-state index contributed by atoms with van der Waals surface area (Å²) in [6.07, 6.45) is 4.71. The van der Waals surface area contributed by atoms with Crippen molar-refractivity contribution in [3.63, 3.8) is 0 Å². The maximum atomic E-state index is 6.22. The van der Waals surface area contributed by atoms with E-state index in [4.69, 9.17) is 9.47 Å². The molecule has 0 aliphatic heterocycles. The van der Waals surface area contributed by atoms with Crippen LogP contribution in [0.4, 0.5) is 0 Å². The maximum absolute atomic E-state index is 6.22. The van der Waals surface area contributed by atoms with Crippen molar-refractivity contribution < 1.29 is 9.47 Å². The Morgan fingerprint density at radius 1 is 1.30 bits per heavy atom. The van der Waals surface area contributed by atoms with Gasteiger partial charge in [-0.15, -0.1) is 0 Å². The van der Waals surface area contributed by atoms with E-state index in [2.05, 4.69) is 37.4 Å². The maximum Gasteiger partial charge on any atom is 0.123 e. The molecule has 1 N–H and O–H groups in total. The first-order valence-corrected chi connectivity index (χ1v) is 7.62. The van der Waals surface area contributed by atoms with E-state index in [0.717, 1.165) is 25.2 Å². The lowest BCUT2D eigenvalue weighted by atomic mass is 9.85. The van der Waals surface area contributed by atoms with Crippen molar-refractivity contribution in [2.75, 3.05) is 20.8 Å². The van der Waals surface area contributed by atoms with Crippen LogP contribution in [0.15, 0.2) is 18.2 Å². The van der Waals surface area contributed by atoms with Crippen LogP contribution in [0.1, 0.15) is 49.8 Å². The van der Waals surface area contributed by atoms with E-state index < -0.39 is 0 Å². The van der Waals surface area contributed by atoms with Crippen LogP contribution in [-0.4, -0.2) is 26.4 Å². The first kappa shape index (κ1) is 15.3. The molecule has 112 valence electrons. The van der Waals surface area contributed by atoms with Gasteiger partial charge in [-0.3, -0.25) is 0 Å². The molecule has 1 aromatic rings. The standard InChI is InChI=1S/C17H27NO2/c1-5-20-17(10-6-7-11-17)16(18-3)14-12-13(2)8-9-15(14)19-4/h8-9,12,16,18H,5-7,10-11H2,1-4H3. The third-order valence-corrected chi connectivity index (χ3v) is 4.39. The molecule has 3 heteroatoms. The van der Waals surface area contributed by atoms with Gasteiger partial charge in [0.1, 0.15) is 5.75 Å². The molecule has 1 saturated carbocycles. The van der Waals surface area contributed by atoms with Gasteiger partial charge in [-0.25, -0.2) is 0 Å². The first-order chi connectivity index (χ1) is 9.66. The van der Waals surface area contributed by atoms with Crippen molar-refractivity contribution in [1.29, 1.82) is 0 Å². The molecular formula is C17H27NO2. The van der Waals surface area contributed by atoms with E-state index in [0.29, 0.717) is 0 Å². The zero-order valence-corrected chi connectivity index (χ0v) is 13.2. The Bertz CT molecular complexity index is 439. The third kappa shape index (κ3) is 2.84. The Morgan fingerprint density at radius 3 is 2.55 bits per heavy atom. The van der Waals surface area contributed by atoms with E-state index in [1.54, 1.807) is 7.11 Å². The SMILES string of the molecule is CCOC1(C(NC)c2cc(C)ccc2OC)CCCC1. The Kier molecular flexibility index (Phi) is 5.06. The van der Waals surface area contributed by atoms with Gasteiger partial charge in [0.15, 0.2) is 0 Å². The number of hydrogen-bond donors (Lipinski definition) is 1. The van der Waals surface area contributed by atoms with Crippen LogP contribution in [0.5, 0.6) is 5.75 Å². The summed E-state index contributed by atoms with van der Waals surface area (Å²) in [4.78, 5) is 0. The highest BCUT2D eigenvalue weighted by Crippen LogP contribution is 2.45. The number of likely N-dealkylation sites (N-methyl/N-ethyl adjacent to an activating group) is 1. The zero-order chi connectivity index (χ0) is 14.6. The van der Waals surface area contributed by atoms with Gasteiger partial charge in [-0.2, -0.15) is 0 Å². The van der Waals surface area contributed by atoms with Crippen molar-refractivity contribution in [3.05, 3.63) is 29.3 Å². The second kappa shape index (κ2) is 6.59. The Balaban J connectivity index is 2.42. The van der Waals surface area contributed by atoms with E-state index in [9.17, 15) is 0 Å². The van der Waals surface area contributed by atoms with Gasteiger partial charge in [-0.05, 0) is 39.8 Å². The summed E-state index contributed by atoms with van der Waals surface area (Å²) in [6.45, 7) is 4.96. The van der Waals surface area contributed by atoms with Gasteiger partial charge >= 0.3 is 0 Å². The van der Waals surface area contributed by atoms with Gasteiger partial charge in [0.25, 0.3) is 0 Å². The normalized spacial score (nSPS) is 19.0. The number of ether oxygens (including phenoxy) is 2. The van der Waals surface area contributed by atoms with Crippen LogP contribution in [0.2, 0.25) is 0 Å². The van der Waals surface area contributed by atoms with E-state index in [1.165, 1.54) is 24.0 Å². The number of rotatable bonds is 6. The predicted molar refractivity (Wildman–Crippen MR) is 82.4 cm³/mol. The lowest BCUT2D eigenvalue weighted by Crippen LogP contribution is -2.43. The molecule has 20 heavy (non-hydrogen) atoms. The molecule has 1 aromatic carbocycles. The monoisotopic (exact) mass is 277 g/mol. The highest BCUT2D eigenvalue weighted by atomic mass is 16.5. The first-order valence-electron chi connectivity index (χ1n) is 7.62. The molecule has 1 atom stereocenters. The largest absolute Gasteiger partial charge is 0.496 e. The lowest BCUT2D eigenvalue weighted by Gasteiger charge is -2.38. The fraction of sp³-hybridized carbons (Fsp3) is 0.647. The van der Waals surface area contributed by atoms with Gasteiger partial charge < -0.3 is 14.8 Å². The third-order valence-electron chi connectivity index (χ3n) is 4.39. The molecule has 2 rings (SSSR count). The summed E-state index contributed by atoms with van der Waals surface area (Å²) >= 11 is 0. The topological polar surface area (TPSA) is 30.5 Å². The smallest absolute Gasteiger partial charge is 0.123 e. The molecule has 1 aliphatic carbocycles. The molecule has 0 saturated heterocycles. The molecule has 0 amide bonds. The van der Waals surface area contributed by atoms with Crippen molar-refractivity contribution in [2.45, 2.75) is 51.2 Å². The number of aryl methyl sites for hydroxylation is 1. The fourth-order valence-electron chi connectivity index (χ4n) is 3.56. The van der Waals surface area contributed by atoms with Crippen molar-refractivity contribution in [1.82, 2.24) is 5.32 Å². The molecule has 1 fully saturated rings. The zero-order valence-electron chi connectivity index (χ0n) is 13.2. The Morgan fingerprint density at radius 2 is 2.00 bits per heavy atom.